The van der Waals surface area contributed by atoms with Gasteiger partial charge in [0.2, 0.25) is 0 Å². The Morgan fingerprint density at radius 1 is 1.60 bits per heavy atom. The van der Waals surface area contributed by atoms with Crippen molar-refractivity contribution in [2.75, 3.05) is 0 Å². The summed E-state index contributed by atoms with van der Waals surface area (Å²) >= 11 is 6.26. The number of nitrogens with two attached hydrogens (primary N) is 1. The predicted molar refractivity (Wildman–Crippen MR) is 62.0 cm³/mol. The second-order valence-corrected chi connectivity index (χ2v) is 4.77. The van der Waals surface area contributed by atoms with Crippen molar-refractivity contribution in [3.05, 3.63) is 16.4 Å². The zero-order chi connectivity index (χ0) is 11.0. The third-order valence-electron chi connectivity index (χ3n) is 3.16. The highest BCUT2D eigenvalue weighted by molar-refractivity contribution is 6.31. The molecule has 1 aliphatic carbocycles. The Balaban J connectivity index is 2.15. The molecule has 1 fully saturated rings. The molecule has 0 saturated heterocycles. The van der Waals surface area contributed by atoms with Crippen LogP contribution in [0, 0.1) is 5.92 Å². The van der Waals surface area contributed by atoms with Crippen molar-refractivity contribution in [2.24, 2.45) is 18.7 Å². The minimum atomic E-state index is 0.252. The molecule has 0 radical (unpaired) electrons. The lowest BCUT2D eigenvalue weighted by molar-refractivity contribution is 0.561. The fourth-order valence-electron chi connectivity index (χ4n) is 1.96. The van der Waals surface area contributed by atoms with Crippen molar-refractivity contribution in [1.29, 1.82) is 0 Å². The summed E-state index contributed by atoms with van der Waals surface area (Å²) in [5, 5.41) is 5.21. The van der Waals surface area contributed by atoms with Gasteiger partial charge in [0.25, 0.3) is 0 Å². The number of aromatic nitrogens is 2. The van der Waals surface area contributed by atoms with E-state index in [9.17, 15) is 0 Å². The first kappa shape index (κ1) is 11.0. The van der Waals surface area contributed by atoms with Crippen LogP contribution in [-0.4, -0.2) is 15.8 Å². The van der Waals surface area contributed by atoms with Crippen LogP contribution in [0.5, 0.6) is 0 Å². The summed E-state index contributed by atoms with van der Waals surface area (Å²) in [5.41, 5.74) is 8.17. The van der Waals surface area contributed by atoms with Gasteiger partial charge in [-0.1, -0.05) is 18.5 Å². The molecule has 1 atom stereocenters. The third kappa shape index (κ3) is 2.18. The minimum absolute atomic E-state index is 0.252. The van der Waals surface area contributed by atoms with E-state index in [1.54, 1.807) is 0 Å². The summed E-state index contributed by atoms with van der Waals surface area (Å²) in [6.45, 7) is 2.07. The average Bonchev–Trinajstić information content (AvgIpc) is 3.00. The largest absolute Gasteiger partial charge is 0.327 e. The molecule has 2 N–H and O–H groups in total. The molecule has 84 valence electrons. The lowest BCUT2D eigenvalue weighted by atomic mass is 10.1. The fraction of sp³-hybridized carbons (Fsp3) is 0.727. The lowest BCUT2D eigenvalue weighted by Crippen LogP contribution is -2.26. The van der Waals surface area contributed by atoms with Crippen LogP contribution in [0.15, 0.2) is 0 Å². The van der Waals surface area contributed by atoms with Gasteiger partial charge in [0.1, 0.15) is 0 Å². The zero-order valence-corrected chi connectivity index (χ0v) is 10.1. The van der Waals surface area contributed by atoms with Crippen molar-refractivity contribution in [3.8, 4) is 0 Å². The monoisotopic (exact) mass is 227 g/mol. The zero-order valence-electron chi connectivity index (χ0n) is 9.33. The molecular weight excluding hydrogens is 210 g/mol. The highest BCUT2D eigenvalue weighted by atomic mass is 35.5. The molecule has 1 saturated carbocycles. The minimum Gasteiger partial charge on any atom is -0.327 e. The molecule has 15 heavy (non-hydrogen) atoms. The molecule has 1 aliphatic rings. The molecule has 0 spiro atoms. The molecule has 1 heterocycles. The Morgan fingerprint density at radius 3 is 2.73 bits per heavy atom. The van der Waals surface area contributed by atoms with Crippen molar-refractivity contribution >= 4 is 11.6 Å². The quantitative estimate of drug-likeness (QED) is 0.854. The summed E-state index contributed by atoms with van der Waals surface area (Å²) in [4.78, 5) is 0. The summed E-state index contributed by atoms with van der Waals surface area (Å²) in [5.74, 6) is 0.709. The Bertz CT molecular complexity index is 355. The highest BCUT2D eigenvalue weighted by Crippen LogP contribution is 2.34. The normalized spacial score (nSPS) is 18.1. The number of halogens is 1. The van der Waals surface area contributed by atoms with Gasteiger partial charge in [0.05, 0.1) is 16.4 Å². The van der Waals surface area contributed by atoms with E-state index in [0.29, 0.717) is 5.92 Å². The van der Waals surface area contributed by atoms with Gasteiger partial charge in [0, 0.05) is 19.5 Å². The van der Waals surface area contributed by atoms with Crippen molar-refractivity contribution in [1.82, 2.24) is 9.78 Å². The van der Waals surface area contributed by atoms with Gasteiger partial charge in [-0.15, -0.1) is 0 Å². The van der Waals surface area contributed by atoms with Crippen LogP contribution in [0.1, 0.15) is 31.2 Å². The van der Waals surface area contributed by atoms with Crippen LogP contribution in [0.2, 0.25) is 5.02 Å². The van der Waals surface area contributed by atoms with E-state index in [4.69, 9.17) is 17.3 Å². The van der Waals surface area contributed by atoms with Crippen molar-refractivity contribution in [3.63, 3.8) is 0 Å². The van der Waals surface area contributed by atoms with Gasteiger partial charge in [-0.05, 0) is 25.2 Å². The number of hydrogen-bond donors (Lipinski definition) is 1. The Labute approximate surface area is 95.6 Å². The van der Waals surface area contributed by atoms with Crippen LogP contribution in [0.25, 0.3) is 0 Å². The van der Waals surface area contributed by atoms with Gasteiger partial charge in [-0.2, -0.15) is 5.10 Å². The van der Waals surface area contributed by atoms with Crippen molar-refractivity contribution in [2.45, 2.75) is 38.6 Å². The second kappa shape index (κ2) is 4.14. The van der Waals surface area contributed by atoms with Crippen molar-refractivity contribution < 1.29 is 0 Å². The molecule has 0 aliphatic heterocycles. The maximum absolute atomic E-state index is 6.26. The molecule has 0 aromatic carbocycles. The molecule has 4 heteroatoms. The number of hydrogen-bond acceptors (Lipinski definition) is 2. The Morgan fingerprint density at radius 2 is 2.27 bits per heavy atom. The lowest BCUT2D eigenvalue weighted by Gasteiger charge is -2.10. The summed E-state index contributed by atoms with van der Waals surface area (Å²) < 4.78 is 1.88. The number of aryl methyl sites for hydroxylation is 2. The molecule has 1 aromatic heterocycles. The van der Waals surface area contributed by atoms with Gasteiger partial charge in [-0.3, -0.25) is 4.68 Å². The first-order valence-electron chi connectivity index (χ1n) is 5.59. The van der Waals surface area contributed by atoms with E-state index in [1.807, 2.05) is 11.7 Å². The van der Waals surface area contributed by atoms with E-state index in [1.165, 1.54) is 12.8 Å². The first-order valence-corrected chi connectivity index (χ1v) is 5.97. The summed E-state index contributed by atoms with van der Waals surface area (Å²) in [6, 6.07) is 0.252. The molecule has 0 amide bonds. The van der Waals surface area contributed by atoms with E-state index >= 15 is 0 Å². The molecule has 1 aromatic rings. The number of rotatable bonds is 4. The average molecular weight is 228 g/mol. The van der Waals surface area contributed by atoms with E-state index in [2.05, 4.69) is 12.0 Å². The predicted octanol–water partition coefficient (Wildman–Crippen LogP) is 1.92. The van der Waals surface area contributed by atoms with Crippen LogP contribution < -0.4 is 5.73 Å². The Hall–Kier alpha value is -0.540. The standard InChI is InChI=1S/C11H18ClN3/c1-3-9-11(12)10(15(2)14-9)6-8(13)7-4-5-7/h7-8H,3-6,13H2,1-2H3. The topological polar surface area (TPSA) is 43.8 Å². The summed E-state index contributed by atoms with van der Waals surface area (Å²) in [7, 11) is 1.94. The highest BCUT2D eigenvalue weighted by Gasteiger charge is 2.30. The molecular formula is C11H18ClN3. The molecule has 1 unspecified atom stereocenters. The maximum atomic E-state index is 6.26. The van der Waals surface area contributed by atoms with Crippen LogP contribution in [-0.2, 0) is 19.9 Å². The second-order valence-electron chi connectivity index (χ2n) is 4.39. The maximum Gasteiger partial charge on any atom is 0.0850 e. The Kier molecular flexibility index (Phi) is 3.03. The first-order chi connectivity index (χ1) is 7.13. The fourth-order valence-corrected chi connectivity index (χ4v) is 2.33. The van der Waals surface area contributed by atoms with Crippen LogP contribution >= 0.6 is 11.6 Å². The smallest absolute Gasteiger partial charge is 0.0850 e. The van der Waals surface area contributed by atoms with E-state index in [0.717, 1.165) is 29.3 Å². The van der Waals surface area contributed by atoms with Gasteiger partial charge >= 0.3 is 0 Å². The SMILES string of the molecule is CCc1nn(C)c(CC(N)C2CC2)c1Cl. The van der Waals surface area contributed by atoms with Gasteiger partial charge < -0.3 is 5.73 Å². The van der Waals surface area contributed by atoms with Gasteiger partial charge in [0.15, 0.2) is 0 Å². The van der Waals surface area contributed by atoms with Crippen LogP contribution in [0.4, 0.5) is 0 Å². The molecule has 3 nitrogen and oxygen atoms in total. The third-order valence-corrected chi connectivity index (χ3v) is 3.60. The number of nitrogens with zero attached hydrogens (tertiary/aromatic N) is 2. The molecule has 0 bridgehead atoms. The molecule has 2 rings (SSSR count). The van der Waals surface area contributed by atoms with Gasteiger partial charge in [-0.25, -0.2) is 0 Å². The van der Waals surface area contributed by atoms with Crippen LogP contribution in [0.3, 0.4) is 0 Å². The van der Waals surface area contributed by atoms with E-state index < -0.39 is 0 Å². The van der Waals surface area contributed by atoms with E-state index in [-0.39, 0.29) is 6.04 Å². The summed E-state index contributed by atoms with van der Waals surface area (Å²) in [6.07, 6.45) is 4.28.